The second kappa shape index (κ2) is 5.90. The molecule has 0 bridgehead atoms. The molecule has 0 spiro atoms. The van der Waals surface area contributed by atoms with Crippen LogP contribution in [-0.4, -0.2) is 53.6 Å². The molecule has 2 aliphatic rings. The predicted octanol–water partition coefficient (Wildman–Crippen LogP) is -0.229. The molecule has 7 heteroatoms. The van der Waals surface area contributed by atoms with E-state index in [9.17, 15) is 14.4 Å². The van der Waals surface area contributed by atoms with Crippen LogP contribution in [0.15, 0.2) is 0 Å². The van der Waals surface area contributed by atoms with Gasteiger partial charge in [-0.15, -0.1) is 0 Å². The Morgan fingerprint density at radius 2 is 2.16 bits per heavy atom. The van der Waals surface area contributed by atoms with Gasteiger partial charge in [-0.05, 0) is 12.3 Å². The molecule has 7 nitrogen and oxygen atoms in total. The van der Waals surface area contributed by atoms with Crippen LogP contribution in [-0.2, 0) is 9.59 Å². The molecule has 1 aliphatic carbocycles. The van der Waals surface area contributed by atoms with Crippen LogP contribution in [0.4, 0.5) is 4.79 Å². The Morgan fingerprint density at radius 3 is 2.79 bits per heavy atom. The van der Waals surface area contributed by atoms with Crippen molar-refractivity contribution in [2.24, 2.45) is 5.92 Å². The van der Waals surface area contributed by atoms with Gasteiger partial charge in [0.2, 0.25) is 5.91 Å². The molecule has 19 heavy (non-hydrogen) atoms. The Bertz CT molecular complexity index is 381. The number of rotatable bonds is 4. The third kappa shape index (κ3) is 4.11. The topological polar surface area (TPSA) is 98.7 Å². The van der Waals surface area contributed by atoms with Crippen molar-refractivity contribution in [3.05, 3.63) is 0 Å². The van der Waals surface area contributed by atoms with Gasteiger partial charge in [-0.2, -0.15) is 0 Å². The second-order valence-electron chi connectivity index (χ2n) is 5.11. The minimum Gasteiger partial charge on any atom is -0.480 e. The first kappa shape index (κ1) is 13.6. The molecule has 1 saturated carbocycles. The van der Waals surface area contributed by atoms with Crippen LogP contribution >= 0.6 is 0 Å². The summed E-state index contributed by atoms with van der Waals surface area (Å²) in [5, 5.41) is 14.3. The SMILES string of the molecule is O=C1CCN(C(=O)N[C@@H](CC2CC2)C(=O)O)CCN1. The number of hydrogen-bond acceptors (Lipinski definition) is 3. The zero-order valence-corrected chi connectivity index (χ0v) is 10.7. The van der Waals surface area contributed by atoms with E-state index in [1.165, 1.54) is 4.90 Å². The maximum absolute atomic E-state index is 12.0. The summed E-state index contributed by atoms with van der Waals surface area (Å²) in [7, 11) is 0. The zero-order valence-electron chi connectivity index (χ0n) is 10.7. The number of nitrogens with zero attached hydrogens (tertiary/aromatic N) is 1. The van der Waals surface area contributed by atoms with Crippen LogP contribution in [0, 0.1) is 5.92 Å². The Kier molecular flexibility index (Phi) is 4.24. The smallest absolute Gasteiger partial charge is 0.326 e. The number of carbonyl (C=O) groups excluding carboxylic acids is 2. The van der Waals surface area contributed by atoms with E-state index in [4.69, 9.17) is 5.11 Å². The standard InChI is InChI=1S/C12H19N3O4/c16-10-3-5-15(6-4-13-10)12(19)14-9(11(17)18)7-8-1-2-8/h8-9H,1-7H2,(H,13,16)(H,14,19)(H,17,18)/t9-/m0/s1. The molecule has 0 aromatic heterocycles. The van der Waals surface area contributed by atoms with E-state index in [1.54, 1.807) is 0 Å². The maximum Gasteiger partial charge on any atom is 0.326 e. The fraction of sp³-hybridized carbons (Fsp3) is 0.750. The number of amides is 3. The van der Waals surface area contributed by atoms with Gasteiger partial charge in [0, 0.05) is 26.1 Å². The molecule has 2 fully saturated rings. The first-order valence-corrected chi connectivity index (χ1v) is 6.61. The highest BCUT2D eigenvalue weighted by Crippen LogP contribution is 2.33. The lowest BCUT2D eigenvalue weighted by atomic mass is 10.1. The number of urea groups is 1. The van der Waals surface area contributed by atoms with E-state index < -0.39 is 18.0 Å². The third-order valence-corrected chi connectivity index (χ3v) is 3.46. The van der Waals surface area contributed by atoms with Crippen LogP contribution in [0.25, 0.3) is 0 Å². The lowest BCUT2D eigenvalue weighted by Gasteiger charge is -2.23. The first-order chi connectivity index (χ1) is 9.06. The van der Waals surface area contributed by atoms with Crippen LogP contribution in [0.5, 0.6) is 0 Å². The lowest BCUT2D eigenvalue weighted by Crippen LogP contribution is -2.49. The minimum absolute atomic E-state index is 0.0805. The van der Waals surface area contributed by atoms with Gasteiger partial charge in [-0.1, -0.05) is 12.8 Å². The van der Waals surface area contributed by atoms with Crippen molar-refractivity contribution in [1.82, 2.24) is 15.5 Å². The fourth-order valence-electron chi connectivity index (χ4n) is 2.12. The van der Waals surface area contributed by atoms with Crippen molar-refractivity contribution in [1.29, 1.82) is 0 Å². The number of carboxylic acid groups (broad SMARTS) is 1. The van der Waals surface area contributed by atoms with Gasteiger partial charge in [-0.25, -0.2) is 9.59 Å². The van der Waals surface area contributed by atoms with Crippen molar-refractivity contribution in [2.75, 3.05) is 19.6 Å². The molecule has 1 aliphatic heterocycles. The van der Waals surface area contributed by atoms with E-state index in [0.717, 1.165) is 12.8 Å². The van der Waals surface area contributed by atoms with Gasteiger partial charge in [0.05, 0.1) is 0 Å². The zero-order chi connectivity index (χ0) is 13.8. The van der Waals surface area contributed by atoms with E-state index in [1.807, 2.05) is 0 Å². The lowest BCUT2D eigenvalue weighted by molar-refractivity contribution is -0.139. The summed E-state index contributed by atoms with van der Waals surface area (Å²) >= 11 is 0. The molecule has 3 amide bonds. The summed E-state index contributed by atoms with van der Waals surface area (Å²) in [6.07, 6.45) is 2.84. The van der Waals surface area contributed by atoms with Crippen molar-refractivity contribution >= 4 is 17.9 Å². The molecule has 1 heterocycles. The summed E-state index contributed by atoms with van der Waals surface area (Å²) in [5.74, 6) is -0.652. The fourth-order valence-corrected chi connectivity index (χ4v) is 2.12. The normalized spacial score (nSPS) is 21.3. The largest absolute Gasteiger partial charge is 0.480 e. The monoisotopic (exact) mass is 269 g/mol. The number of carbonyl (C=O) groups is 3. The maximum atomic E-state index is 12.0. The highest BCUT2D eigenvalue weighted by atomic mass is 16.4. The average molecular weight is 269 g/mol. The Balaban J connectivity index is 1.86. The highest BCUT2D eigenvalue weighted by molar-refractivity contribution is 5.83. The van der Waals surface area contributed by atoms with Gasteiger partial charge in [0.1, 0.15) is 6.04 Å². The van der Waals surface area contributed by atoms with E-state index in [2.05, 4.69) is 10.6 Å². The number of aliphatic carboxylic acids is 1. The Labute approximate surface area is 111 Å². The van der Waals surface area contributed by atoms with Gasteiger partial charge in [0.15, 0.2) is 0 Å². The van der Waals surface area contributed by atoms with Gasteiger partial charge in [-0.3, -0.25) is 4.79 Å². The molecule has 0 aromatic carbocycles. The van der Waals surface area contributed by atoms with Gasteiger partial charge < -0.3 is 20.6 Å². The molecule has 1 saturated heterocycles. The summed E-state index contributed by atoms with van der Waals surface area (Å²) in [6, 6.07) is -1.23. The van der Waals surface area contributed by atoms with Gasteiger partial charge >= 0.3 is 12.0 Å². The molecule has 0 aromatic rings. The summed E-state index contributed by atoms with van der Waals surface area (Å²) in [4.78, 5) is 35.7. The molecule has 2 rings (SSSR count). The molecular formula is C12H19N3O4. The summed E-state index contributed by atoms with van der Waals surface area (Å²) < 4.78 is 0. The van der Waals surface area contributed by atoms with Crippen molar-refractivity contribution in [3.8, 4) is 0 Å². The van der Waals surface area contributed by atoms with Crippen molar-refractivity contribution in [2.45, 2.75) is 31.7 Å². The van der Waals surface area contributed by atoms with Crippen LogP contribution < -0.4 is 10.6 Å². The van der Waals surface area contributed by atoms with Crippen LogP contribution in [0.2, 0.25) is 0 Å². The van der Waals surface area contributed by atoms with Crippen LogP contribution in [0.3, 0.4) is 0 Å². The van der Waals surface area contributed by atoms with E-state index in [0.29, 0.717) is 32.0 Å². The predicted molar refractivity (Wildman–Crippen MR) is 66.5 cm³/mol. The molecular weight excluding hydrogens is 250 g/mol. The van der Waals surface area contributed by atoms with E-state index >= 15 is 0 Å². The Hall–Kier alpha value is -1.79. The highest BCUT2D eigenvalue weighted by Gasteiger charge is 2.31. The molecule has 0 unspecified atom stereocenters. The molecule has 1 atom stereocenters. The van der Waals surface area contributed by atoms with Crippen molar-refractivity contribution < 1.29 is 19.5 Å². The average Bonchev–Trinajstić information content (AvgIpc) is 3.16. The molecule has 3 N–H and O–H groups in total. The number of carboxylic acids is 1. The quantitative estimate of drug-likeness (QED) is 0.656. The first-order valence-electron chi connectivity index (χ1n) is 6.61. The van der Waals surface area contributed by atoms with Gasteiger partial charge in [0.25, 0.3) is 0 Å². The number of hydrogen-bond donors (Lipinski definition) is 3. The minimum atomic E-state index is -0.996. The second-order valence-corrected chi connectivity index (χ2v) is 5.11. The van der Waals surface area contributed by atoms with E-state index in [-0.39, 0.29) is 12.3 Å². The van der Waals surface area contributed by atoms with Crippen LogP contribution in [0.1, 0.15) is 25.7 Å². The van der Waals surface area contributed by atoms with Crippen molar-refractivity contribution in [3.63, 3.8) is 0 Å². The number of nitrogens with one attached hydrogen (secondary N) is 2. The third-order valence-electron chi connectivity index (χ3n) is 3.46. The summed E-state index contributed by atoms with van der Waals surface area (Å²) in [6.45, 7) is 1.15. The summed E-state index contributed by atoms with van der Waals surface area (Å²) in [5.41, 5.74) is 0. The molecule has 106 valence electrons. The molecule has 0 radical (unpaired) electrons. The Morgan fingerprint density at radius 1 is 1.42 bits per heavy atom.